The van der Waals surface area contributed by atoms with Crippen molar-refractivity contribution in [3.8, 4) is 0 Å². The summed E-state index contributed by atoms with van der Waals surface area (Å²) in [4.78, 5) is 0. The lowest BCUT2D eigenvalue weighted by molar-refractivity contribution is 0.495. The first-order valence-corrected chi connectivity index (χ1v) is 7.43. The molecule has 0 spiro atoms. The molecule has 18 heavy (non-hydrogen) atoms. The normalized spacial score (nSPS) is 12.9. The fourth-order valence-electron chi connectivity index (χ4n) is 2.17. The summed E-state index contributed by atoms with van der Waals surface area (Å²) in [6.45, 7) is 10.1. The minimum absolute atomic E-state index is 0.625. The Hall–Kier alpha value is -0.820. The van der Waals surface area contributed by atoms with Gasteiger partial charge in [-0.3, -0.25) is 0 Å². The largest absolute Gasteiger partial charge is 0.310 e. The van der Waals surface area contributed by atoms with Crippen LogP contribution in [-0.2, 0) is 13.0 Å². The summed E-state index contributed by atoms with van der Waals surface area (Å²) in [6.07, 6.45) is 5.07. The van der Waals surface area contributed by atoms with Gasteiger partial charge in [0.15, 0.2) is 0 Å². The molecule has 0 radical (unpaired) electrons. The molecule has 1 aromatic carbocycles. The van der Waals surface area contributed by atoms with Crippen molar-refractivity contribution < 1.29 is 0 Å². The fraction of sp³-hybridized carbons (Fsp3) is 0.647. The molecular weight excluding hydrogens is 218 g/mol. The Morgan fingerprint density at radius 1 is 1.00 bits per heavy atom. The third-order valence-corrected chi connectivity index (χ3v) is 3.31. The van der Waals surface area contributed by atoms with Crippen LogP contribution in [-0.4, -0.2) is 6.04 Å². The van der Waals surface area contributed by atoms with E-state index in [-0.39, 0.29) is 0 Å². The minimum atomic E-state index is 0.625. The summed E-state index contributed by atoms with van der Waals surface area (Å²) in [6, 6.07) is 9.69. The van der Waals surface area contributed by atoms with Crippen molar-refractivity contribution >= 4 is 0 Å². The molecule has 1 unspecified atom stereocenters. The van der Waals surface area contributed by atoms with Crippen molar-refractivity contribution in [3.63, 3.8) is 0 Å². The third-order valence-electron chi connectivity index (χ3n) is 3.31. The van der Waals surface area contributed by atoms with Crippen LogP contribution in [0.5, 0.6) is 0 Å². The van der Waals surface area contributed by atoms with Gasteiger partial charge in [0.2, 0.25) is 0 Å². The first-order valence-electron chi connectivity index (χ1n) is 7.43. The standard InChI is InChI=1S/C17H29N/c1-5-6-7-15(4)18-13-17-10-8-16(9-11-17)12-14(2)3/h8-11,14-15,18H,5-7,12-13H2,1-4H3. The molecule has 0 fully saturated rings. The highest BCUT2D eigenvalue weighted by Gasteiger charge is 2.01. The van der Waals surface area contributed by atoms with Gasteiger partial charge in [0, 0.05) is 12.6 Å². The third kappa shape index (κ3) is 6.20. The van der Waals surface area contributed by atoms with Crippen LogP contribution in [0.4, 0.5) is 0 Å². The highest BCUT2D eigenvalue weighted by molar-refractivity contribution is 5.22. The van der Waals surface area contributed by atoms with Gasteiger partial charge in [-0.05, 0) is 36.8 Å². The van der Waals surface area contributed by atoms with Crippen LogP contribution in [0.15, 0.2) is 24.3 Å². The maximum atomic E-state index is 3.59. The van der Waals surface area contributed by atoms with E-state index in [1.165, 1.54) is 36.8 Å². The van der Waals surface area contributed by atoms with Crippen LogP contribution in [0, 0.1) is 5.92 Å². The highest BCUT2D eigenvalue weighted by atomic mass is 14.9. The molecule has 0 heterocycles. The highest BCUT2D eigenvalue weighted by Crippen LogP contribution is 2.10. The van der Waals surface area contributed by atoms with Gasteiger partial charge in [0.1, 0.15) is 0 Å². The van der Waals surface area contributed by atoms with E-state index in [0.29, 0.717) is 6.04 Å². The number of rotatable bonds is 8. The quantitative estimate of drug-likeness (QED) is 0.710. The Morgan fingerprint density at radius 3 is 2.17 bits per heavy atom. The molecule has 0 aliphatic carbocycles. The lowest BCUT2D eigenvalue weighted by Crippen LogP contribution is -2.25. The van der Waals surface area contributed by atoms with Crippen LogP contribution in [0.2, 0.25) is 0 Å². The van der Waals surface area contributed by atoms with Crippen molar-refractivity contribution in [1.82, 2.24) is 5.32 Å². The lowest BCUT2D eigenvalue weighted by Gasteiger charge is -2.13. The van der Waals surface area contributed by atoms with Crippen molar-refractivity contribution in [2.45, 2.75) is 66.0 Å². The minimum Gasteiger partial charge on any atom is -0.310 e. The number of hydrogen-bond acceptors (Lipinski definition) is 1. The molecule has 1 aromatic rings. The van der Waals surface area contributed by atoms with E-state index in [1.807, 2.05) is 0 Å². The van der Waals surface area contributed by atoms with E-state index >= 15 is 0 Å². The zero-order valence-electron chi connectivity index (χ0n) is 12.5. The zero-order valence-corrected chi connectivity index (χ0v) is 12.5. The second-order valence-electron chi connectivity index (χ2n) is 5.84. The molecule has 1 atom stereocenters. The number of unbranched alkanes of at least 4 members (excludes halogenated alkanes) is 1. The van der Waals surface area contributed by atoms with Gasteiger partial charge in [-0.15, -0.1) is 0 Å². The predicted octanol–water partition coefficient (Wildman–Crippen LogP) is 4.55. The van der Waals surface area contributed by atoms with Crippen LogP contribution >= 0.6 is 0 Å². The first-order chi connectivity index (χ1) is 8.61. The molecule has 0 aromatic heterocycles. The summed E-state index contributed by atoms with van der Waals surface area (Å²) in [5.41, 5.74) is 2.85. The van der Waals surface area contributed by atoms with Crippen LogP contribution in [0.1, 0.15) is 58.1 Å². The molecule has 1 heteroatoms. The maximum absolute atomic E-state index is 3.59. The summed E-state index contributed by atoms with van der Waals surface area (Å²) in [5.74, 6) is 0.739. The van der Waals surface area contributed by atoms with Crippen molar-refractivity contribution in [3.05, 3.63) is 35.4 Å². The van der Waals surface area contributed by atoms with Crippen LogP contribution in [0.25, 0.3) is 0 Å². The second kappa shape index (κ2) is 8.31. The monoisotopic (exact) mass is 247 g/mol. The Labute approximate surface area is 113 Å². The zero-order chi connectivity index (χ0) is 13.4. The van der Waals surface area contributed by atoms with E-state index in [9.17, 15) is 0 Å². The van der Waals surface area contributed by atoms with Crippen molar-refractivity contribution in [2.24, 2.45) is 5.92 Å². The van der Waals surface area contributed by atoms with E-state index in [2.05, 4.69) is 57.3 Å². The SMILES string of the molecule is CCCCC(C)NCc1ccc(CC(C)C)cc1. The molecule has 0 aliphatic rings. The van der Waals surface area contributed by atoms with Crippen LogP contribution in [0.3, 0.4) is 0 Å². The van der Waals surface area contributed by atoms with E-state index in [1.54, 1.807) is 0 Å². The van der Waals surface area contributed by atoms with Gasteiger partial charge >= 0.3 is 0 Å². The number of nitrogens with one attached hydrogen (secondary N) is 1. The topological polar surface area (TPSA) is 12.0 Å². The van der Waals surface area contributed by atoms with E-state index < -0.39 is 0 Å². The van der Waals surface area contributed by atoms with Crippen molar-refractivity contribution in [1.29, 1.82) is 0 Å². The molecule has 0 aliphatic heterocycles. The smallest absolute Gasteiger partial charge is 0.0207 e. The summed E-state index contributed by atoms with van der Waals surface area (Å²) in [5, 5.41) is 3.59. The summed E-state index contributed by atoms with van der Waals surface area (Å²) >= 11 is 0. The Kier molecular flexibility index (Phi) is 7.04. The molecule has 102 valence electrons. The van der Waals surface area contributed by atoms with Gasteiger partial charge in [0.25, 0.3) is 0 Å². The average molecular weight is 247 g/mol. The van der Waals surface area contributed by atoms with Gasteiger partial charge in [-0.1, -0.05) is 57.9 Å². The van der Waals surface area contributed by atoms with Crippen molar-refractivity contribution in [2.75, 3.05) is 0 Å². The Balaban J connectivity index is 2.34. The number of benzene rings is 1. The van der Waals surface area contributed by atoms with Gasteiger partial charge < -0.3 is 5.32 Å². The van der Waals surface area contributed by atoms with E-state index in [4.69, 9.17) is 0 Å². The number of hydrogen-bond donors (Lipinski definition) is 1. The maximum Gasteiger partial charge on any atom is 0.0207 e. The summed E-state index contributed by atoms with van der Waals surface area (Å²) in [7, 11) is 0. The molecule has 0 amide bonds. The molecule has 1 N–H and O–H groups in total. The second-order valence-corrected chi connectivity index (χ2v) is 5.84. The molecular formula is C17H29N. The van der Waals surface area contributed by atoms with Gasteiger partial charge in [-0.25, -0.2) is 0 Å². The Bertz CT molecular complexity index is 313. The van der Waals surface area contributed by atoms with Crippen LogP contribution < -0.4 is 5.32 Å². The molecule has 1 nitrogen and oxygen atoms in total. The van der Waals surface area contributed by atoms with Gasteiger partial charge in [-0.2, -0.15) is 0 Å². The fourth-order valence-corrected chi connectivity index (χ4v) is 2.17. The van der Waals surface area contributed by atoms with E-state index in [0.717, 1.165) is 12.5 Å². The first kappa shape index (κ1) is 15.2. The lowest BCUT2D eigenvalue weighted by atomic mass is 10.0. The molecule has 0 saturated heterocycles. The summed E-state index contributed by atoms with van der Waals surface area (Å²) < 4.78 is 0. The predicted molar refractivity (Wildman–Crippen MR) is 80.8 cm³/mol. The van der Waals surface area contributed by atoms with Gasteiger partial charge in [0.05, 0.1) is 0 Å². The Morgan fingerprint density at radius 2 is 1.61 bits per heavy atom. The molecule has 0 saturated carbocycles. The average Bonchev–Trinajstić information content (AvgIpc) is 2.35. The molecule has 1 rings (SSSR count). The molecule has 0 bridgehead atoms.